The van der Waals surface area contributed by atoms with Crippen LogP contribution in [0.5, 0.6) is 0 Å². The number of nitrogens with zero attached hydrogens (tertiary/aromatic N) is 1. The molecule has 0 spiro atoms. The summed E-state index contributed by atoms with van der Waals surface area (Å²) in [5, 5.41) is 0. The summed E-state index contributed by atoms with van der Waals surface area (Å²) >= 11 is 3.33. The van der Waals surface area contributed by atoms with Crippen LogP contribution in [0.15, 0.2) is 40.6 Å². The molecule has 1 saturated heterocycles. The average molecular weight is 383 g/mol. The van der Waals surface area contributed by atoms with Crippen molar-refractivity contribution in [1.29, 1.82) is 0 Å². The lowest BCUT2D eigenvalue weighted by molar-refractivity contribution is 0.583. The van der Waals surface area contributed by atoms with Gasteiger partial charge in [-0.15, -0.1) is 11.3 Å². The molecular weight excluding hydrogens is 360 g/mol. The molecule has 24 heavy (non-hydrogen) atoms. The van der Waals surface area contributed by atoms with Crippen LogP contribution in [0.4, 0.5) is 5.69 Å². The number of nitrogens with one attached hydrogen (secondary N) is 1. The Balaban J connectivity index is 1.61. The molecule has 0 amide bonds. The molecule has 130 valence electrons. The number of rotatable bonds is 6. The van der Waals surface area contributed by atoms with Gasteiger partial charge in [-0.05, 0) is 36.2 Å². The van der Waals surface area contributed by atoms with Gasteiger partial charge in [0.15, 0.2) is 0 Å². The number of hydrogen-bond donors (Lipinski definition) is 1. The first-order valence-corrected chi connectivity index (χ1v) is 11.5. The second kappa shape index (κ2) is 7.91. The Morgan fingerprint density at radius 2 is 1.79 bits per heavy atom. The van der Waals surface area contributed by atoms with E-state index in [2.05, 4.69) is 21.8 Å². The van der Waals surface area contributed by atoms with Crippen LogP contribution in [0.1, 0.15) is 17.4 Å². The van der Waals surface area contributed by atoms with Crippen LogP contribution in [-0.4, -0.2) is 33.0 Å². The number of thioether (sulfide) groups is 1. The van der Waals surface area contributed by atoms with Crippen molar-refractivity contribution in [3.63, 3.8) is 0 Å². The third kappa shape index (κ3) is 4.33. The van der Waals surface area contributed by atoms with Gasteiger partial charge in [0.25, 0.3) is 0 Å². The lowest BCUT2D eigenvalue weighted by Crippen LogP contribution is -2.32. The van der Waals surface area contributed by atoms with Gasteiger partial charge in [0.1, 0.15) is 4.21 Å². The lowest BCUT2D eigenvalue weighted by atomic mass is 10.2. The zero-order chi connectivity index (χ0) is 17.0. The van der Waals surface area contributed by atoms with Crippen LogP contribution < -0.4 is 9.62 Å². The smallest absolute Gasteiger partial charge is 0.250 e. The van der Waals surface area contributed by atoms with Crippen LogP contribution in [0.25, 0.3) is 0 Å². The Labute approximate surface area is 152 Å². The molecule has 0 aliphatic carbocycles. The first-order chi connectivity index (χ1) is 11.6. The maximum Gasteiger partial charge on any atom is 0.250 e. The minimum absolute atomic E-state index is 0.317. The molecule has 1 aromatic carbocycles. The molecular formula is C17H22N2O2S3. The number of hydrogen-bond acceptors (Lipinski definition) is 5. The van der Waals surface area contributed by atoms with Crippen LogP contribution in [0.2, 0.25) is 0 Å². The number of aryl methyl sites for hydroxylation is 1. The Morgan fingerprint density at radius 1 is 1.08 bits per heavy atom. The number of benzene rings is 1. The van der Waals surface area contributed by atoms with E-state index >= 15 is 0 Å². The zero-order valence-corrected chi connectivity index (χ0v) is 16.1. The fourth-order valence-electron chi connectivity index (χ4n) is 2.59. The average Bonchev–Trinajstić information content (AvgIpc) is 3.11. The molecule has 0 saturated carbocycles. The van der Waals surface area contributed by atoms with E-state index in [1.54, 1.807) is 6.07 Å². The van der Waals surface area contributed by atoms with E-state index in [1.807, 2.05) is 36.9 Å². The Hall–Kier alpha value is -1.02. The van der Waals surface area contributed by atoms with Crippen molar-refractivity contribution in [2.45, 2.75) is 24.1 Å². The number of thiophene rings is 1. The number of sulfonamides is 1. The molecule has 1 N–H and O–H groups in total. The van der Waals surface area contributed by atoms with E-state index < -0.39 is 10.0 Å². The summed E-state index contributed by atoms with van der Waals surface area (Å²) in [5.74, 6) is 2.34. The molecule has 0 bridgehead atoms. The molecule has 1 aromatic heterocycles. The lowest BCUT2D eigenvalue weighted by Gasteiger charge is -2.28. The highest BCUT2D eigenvalue weighted by Gasteiger charge is 2.16. The van der Waals surface area contributed by atoms with E-state index in [0.29, 0.717) is 10.8 Å². The molecule has 1 fully saturated rings. The van der Waals surface area contributed by atoms with Gasteiger partial charge in [0.2, 0.25) is 10.0 Å². The molecule has 7 heteroatoms. The van der Waals surface area contributed by atoms with Crippen molar-refractivity contribution in [3.05, 3.63) is 46.8 Å². The van der Waals surface area contributed by atoms with Crippen molar-refractivity contribution in [1.82, 2.24) is 4.72 Å². The van der Waals surface area contributed by atoms with Gasteiger partial charge in [0.05, 0.1) is 0 Å². The summed E-state index contributed by atoms with van der Waals surface area (Å²) in [6.45, 7) is 4.50. The molecule has 0 radical (unpaired) electrons. The van der Waals surface area contributed by atoms with E-state index in [0.717, 1.165) is 30.0 Å². The predicted molar refractivity (Wildman–Crippen MR) is 104 cm³/mol. The van der Waals surface area contributed by atoms with Gasteiger partial charge < -0.3 is 4.90 Å². The molecule has 1 aliphatic rings. The highest BCUT2D eigenvalue weighted by atomic mass is 32.2. The fourth-order valence-corrected chi connectivity index (χ4v) is 5.85. The standard InChI is InChI=1S/C17H22N2O2S3/c1-2-16-7-8-17(23-16)24(20,21)18-13-14-3-5-15(6-4-14)19-9-11-22-12-10-19/h3-8,18H,2,9-13H2,1H3. The third-order valence-corrected chi connectivity index (χ3v) is 8.09. The zero-order valence-electron chi connectivity index (χ0n) is 13.7. The third-order valence-electron chi connectivity index (χ3n) is 4.03. The van der Waals surface area contributed by atoms with E-state index in [4.69, 9.17) is 0 Å². The Bertz CT molecular complexity index is 763. The topological polar surface area (TPSA) is 49.4 Å². The quantitative estimate of drug-likeness (QED) is 0.832. The van der Waals surface area contributed by atoms with Gasteiger partial charge in [-0.1, -0.05) is 19.1 Å². The van der Waals surface area contributed by atoms with Gasteiger partial charge in [-0.2, -0.15) is 11.8 Å². The van der Waals surface area contributed by atoms with Crippen LogP contribution >= 0.6 is 23.1 Å². The Kier molecular flexibility index (Phi) is 5.86. The first kappa shape index (κ1) is 17.8. The van der Waals surface area contributed by atoms with E-state index in [1.165, 1.54) is 28.5 Å². The van der Waals surface area contributed by atoms with Crippen molar-refractivity contribution in [3.8, 4) is 0 Å². The SMILES string of the molecule is CCc1ccc(S(=O)(=O)NCc2ccc(N3CCSCC3)cc2)s1. The summed E-state index contributed by atoms with van der Waals surface area (Å²) in [5.41, 5.74) is 2.19. The summed E-state index contributed by atoms with van der Waals surface area (Å²) in [6.07, 6.45) is 0.858. The van der Waals surface area contributed by atoms with Crippen LogP contribution in [0.3, 0.4) is 0 Å². The summed E-state index contributed by atoms with van der Waals surface area (Å²) < 4.78 is 27.8. The fraction of sp³-hybridized carbons (Fsp3) is 0.412. The van der Waals surface area contributed by atoms with Gasteiger partial charge >= 0.3 is 0 Å². The second-order valence-electron chi connectivity index (χ2n) is 5.66. The molecule has 2 heterocycles. The largest absolute Gasteiger partial charge is 0.370 e. The minimum atomic E-state index is -3.42. The maximum absolute atomic E-state index is 12.3. The molecule has 1 aliphatic heterocycles. The van der Waals surface area contributed by atoms with E-state index in [9.17, 15) is 8.42 Å². The monoisotopic (exact) mass is 382 g/mol. The molecule has 3 rings (SSSR count). The van der Waals surface area contributed by atoms with Crippen molar-refractivity contribution in [2.24, 2.45) is 0 Å². The van der Waals surface area contributed by atoms with Crippen molar-refractivity contribution >= 4 is 38.8 Å². The maximum atomic E-state index is 12.3. The van der Waals surface area contributed by atoms with Crippen molar-refractivity contribution in [2.75, 3.05) is 29.5 Å². The molecule has 4 nitrogen and oxygen atoms in total. The van der Waals surface area contributed by atoms with E-state index in [-0.39, 0.29) is 0 Å². The van der Waals surface area contributed by atoms with Crippen LogP contribution in [-0.2, 0) is 23.0 Å². The summed E-state index contributed by atoms with van der Waals surface area (Å²) in [6, 6.07) is 11.7. The van der Waals surface area contributed by atoms with Crippen LogP contribution in [0, 0.1) is 0 Å². The number of anilines is 1. The summed E-state index contributed by atoms with van der Waals surface area (Å²) in [4.78, 5) is 3.46. The molecule has 2 aromatic rings. The highest BCUT2D eigenvalue weighted by Crippen LogP contribution is 2.23. The molecule has 0 atom stereocenters. The molecule has 0 unspecified atom stereocenters. The first-order valence-electron chi connectivity index (χ1n) is 8.08. The normalized spacial score (nSPS) is 15.6. The van der Waals surface area contributed by atoms with Gasteiger partial charge in [-0.25, -0.2) is 13.1 Å². The van der Waals surface area contributed by atoms with Gasteiger partial charge in [0, 0.05) is 41.7 Å². The minimum Gasteiger partial charge on any atom is -0.370 e. The predicted octanol–water partition coefficient (Wildman–Crippen LogP) is 3.34. The van der Waals surface area contributed by atoms with Gasteiger partial charge in [-0.3, -0.25) is 0 Å². The highest BCUT2D eigenvalue weighted by molar-refractivity contribution is 7.99. The Morgan fingerprint density at radius 3 is 2.42 bits per heavy atom. The second-order valence-corrected chi connectivity index (χ2v) is 10.1. The van der Waals surface area contributed by atoms with Crippen molar-refractivity contribution < 1.29 is 8.42 Å². The summed E-state index contributed by atoms with van der Waals surface area (Å²) in [7, 11) is -3.42.